The number of aliphatic carboxylic acids is 1. The second kappa shape index (κ2) is 44.3. The molecule has 12 heteroatoms. The van der Waals surface area contributed by atoms with Gasteiger partial charge in [-0.25, -0.2) is 9.36 Å². The molecule has 0 fully saturated rings. The van der Waals surface area contributed by atoms with Crippen molar-refractivity contribution >= 4 is 25.7 Å². The van der Waals surface area contributed by atoms with Gasteiger partial charge in [-0.2, -0.15) is 0 Å². The zero-order valence-electron chi connectivity index (χ0n) is 38.7. The minimum absolute atomic E-state index is 0.130. The predicted octanol–water partition coefficient (Wildman–Crippen LogP) is 13.2. The topological polar surface area (TPSA) is 169 Å². The van der Waals surface area contributed by atoms with Gasteiger partial charge in [0.2, 0.25) is 5.91 Å². The van der Waals surface area contributed by atoms with Crippen molar-refractivity contribution in [3.05, 3.63) is 36.5 Å². The number of carbonyl (C=O) groups excluding carboxylic acids is 2. The summed E-state index contributed by atoms with van der Waals surface area (Å²) in [7, 11) is -4.76. The zero-order chi connectivity index (χ0) is 44.9. The quantitative estimate of drug-likeness (QED) is 0.0200. The molecule has 4 N–H and O–H groups in total. The van der Waals surface area contributed by atoms with Gasteiger partial charge in [0, 0.05) is 12.8 Å². The molecule has 11 nitrogen and oxygen atoms in total. The Balaban J connectivity index is 3.84. The molecule has 0 aliphatic rings. The molecule has 0 bridgehead atoms. The van der Waals surface area contributed by atoms with E-state index in [0.29, 0.717) is 12.8 Å². The lowest BCUT2D eigenvalue weighted by molar-refractivity contribution is -0.147. The summed E-state index contributed by atoms with van der Waals surface area (Å²) in [6, 6.07) is -1.55. The maximum absolute atomic E-state index is 12.3. The first-order valence-corrected chi connectivity index (χ1v) is 26.0. The zero-order valence-corrected chi connectivity index (χ0v) is 39.6. The minimum Gasteiger partial charge on any atom is -0.480 e. The van der Waals surface area contributed by atoms with Gasteiger partial charge in [-0.3, -0.25) is 18.6 Å². The number of phosphoric ester groups is 1. The molecule has 0 radical (unpaired) electrons. The van der Waals surface area contributed by atoms with E-state index in [4.69, 9.17) is 13.8 Å². The van der Waals surface area contributed by atoms with E-state index in [-0.39, 0.29) is 12.8 Å². The van der Waals surface area contributed by atoms with Crippen LogP contribution in [0.15, 0.2) is 36.5 Å². The number of allylic oxidation sites excluding steroid dienone is 6. The number of aliphatic hydroxyl groups is 1. The molecular formula is C49H90NO10P. The fourth-order valence-corrected chi connectivity index (χ4v) is 7.58. The number of rotatable bonds is 46. The van der Waals surface area contributed by atoms with Crippen LogP contribution in [0.1, 0.15) is 226 Å². The van der Waals surface area contributed by atoms with Crippen LogP contribution in [0.2, 0.25) is 0 Å². The van der Waals surface area contributed by atoms with E-state index in [0.717, 1.165) is 64.2 Å². The molecule has 0 aliphatic carbocycles. The van der Waals surface area contributed by atoms with Crippen LogP contribution in [0.5, 0.6) is 0 Å². The van der Waals surface area contributed by atoms with Crippen molar-refractivity contribution in [1.82, 2.24) is 5.32 Å². The summed E-state index contributed by atoms with van der Waals surface area (Å²) in [6.45, 7) is 2.58. The number of nitrogens with one attached hydrogen (secondary N) is 1. The Morgan fingerprint density at radius 2 is 0.902 bits per heavy atom. The molecule has 0 aromatic carbocycles. The number of unbranched alkanes of at least 4 members (excludes halogenated alkanes) is 26. The molecule has 0 aliphatic heterocycles. The van der Waals surface area contributed by atoms with Gasteiger partial charge in [0.1, 0.15) is 12.7 Å². The van der Waals surface area contributed by atoms with Gasteiger partial charge in [0.25, 0.3) is 0 Å². The molecule has 1 amide bonds. The number of esters is 1. The van der Waals surface area contributed by atoms with E-state index >= 15 is 0 Å². The van der Waals surface area contributed by atoms with E-state index in [2.05, 4.69) is 55.6 Å². The van der Waals surface area contributed by atoms with Gasteiger partial charge < -0.3 is 25.2 Å². The van der Waals surface area contributed by atoms with Crippen molar-refractivity contribution in [2.45, 2.75) is 238 Å². The van der Waals surface area contributed by atoms with Crippen LogP contribution in [0, 0.1) is 0 Å². The Morgan fingerprint density at radius 1 is 0.525 bits per heavy atom. The van der Waals surface area contributed by atoms with Crippen LogP contribution in [-0.2, 0) is 32.7 Å². The number of phosphoric acid groups is 1. The third-order valence-corrected chi connectivity index (χ3v) is 11.6. The molecular weight excluding hydrogens is 794 g/mol. The standard InChI is InChI=1S/C49H90NO10P/c1-3-5-7-9-11-13-15-17-19-21-22-23-24-25-27-29-31-33-35-37-39-41-48(53)58-42-45(51)43-59-61(56,57)60-44-46(49(54)55)50-47(52)40-38-36-34-32-30-28-26-20-18-16-14-12-10-8-6-4-2/h14,16-17,19-20,26,45-46,51H,3-13,15,18,21-25,27-44H2,1-2H3,(H,50,52)(H,54,55)(H,56,57)/b16-14-,19-17+,26-20-. The molecule has 3 atom stereocenters. The summed E-state index contributed by atoms with van der Waals surface area (Å²) >= 11 is 0. The first-order chi connectivity index (χ1) is 29.6. The van der Waals surface area contributed by atoms with Gasteiger partial charge >= 0.3 is 19.8 Å². The highest BCUT2D eigenvalue weighted by Gasteiger charge is 2.28. The van der Waals surface area contributed by atoms with Crippen LogP contribution in [0.4, 0.5) is 0 Å². The first kappa shape index (κ1) is 58.7. The van der Waals surface area contributed by atoms with Crippen LogP contribution in [0.25, 0.3) is 0 Å². The van der Waals surface area contributed by atoms with E-state index in [1.807, 2.05) is 0 Å². The Morgan fingerprint density at radius 3 is 1.36 bits per heavy atom. The molecule has 0 heterocycles. The maximum Gasteiger partial charge on any atom is 0.472 e. The number of carboxylic acid groups (broad SMARTS) is 1. The van der Waals surface area contributed by atoms with Crippen LogP contribution >= 0.6 is 7.82 Å². The van der Waals surface area contributed by atoms with Crippen molar-refractivity contribution in [2.24, 2.45) is 0 Å². The lowest BCUT2D eigenvalue weighted by Gasteiger charge is -2.18. The number of aliphatic hydroxyl groups excluding tert-OH is 1. The fourth-order valence-electron chi connectivity index (χ4n) is 6.81. The normalized spacial score (nSPS) is 13.9. The molecule has 61 heavy (non-hydrogen) atoms. The lowest BCUT2D eigenvalue weighted by Crippen LogP contribution is -2.43. The number of hydrogen-bond donors (Lipinski definition) is 4. The molecule has 0 saturated heterocycles. The minimum atomic E-state index is -4.76. The molecule has 0 rings (SSSR count). The first-order valence-electron chi connectivity index (χ1n) is 24.5. The predicted molar refractivity (Wildman–Crippen MR) is 249 cm³/mol. The van der Waals surface area contributed by atoms with E-state index in [1.54, 1.807) is 0 Å². The summed E-state index contributed by atoms with van der Waals surface area (Å²) in [5, 5.41) is 21.9. The number of ether oxygens (including phenoxy) is 1. The van der Waals surface area contributed by atoms with Gasteiger partial charge in [0.05, 0.1) is 13.2 Å². The SMILES string of the molecule is CCCCCC/C=C\C/C=C\CCCCCCCC(=O)NC(COP(=O)(O)OCC(O)COC(=O)CCCCCCCCCCCCC/C=C/CCCCCCCC)C(=O)O. The number of amides is 1. The molecule has 0 aromatic heterocycles. The third kappa shape index (κ3) is 44.1. The van der Waals surface area contributed by atoms with E-state index in [9.17, 15) is 34.1 Å². The lowest BCUT2D eigenvalue weighted by atomic mass is 10.0. The summed E-state index contributed by atoms with van der Waals surface area (Å²) in [5.74, 6) is -2.39. The second-order valence-electron chi connectivity index (χ2n) is 16.6. The largest absolute Gasteiger partial charge is 0.480 e. The van der Waals surface area contributed by atoms with Gasteiger partial charge in [-0.15, -0.1) is 0 Å². The molecule has 0 saturated carbocycles. The van der Waals surface area contributed by atoms with Crippen molar-refractivity contribution in [3.63, 3.8) is 0 Å². The number of carbonyl (C=O) groups is 3. The average Bonchev–Trinajstić information content (AvgIpc) is 3.24. The summed E-state index contributed by atoms with van der Waals surface area (Å²) in [4.78, 5) is 46.0. The van der Waals surface area contributed by atoms with Crippen molar-refractivity contribution in [1.29, 1.82) is 0 Å². The third-order valence-electron chi connectivity index (χ3n) is 10.7. The van der Waals surface area contributed by atoms with Crippen LogP contribution in [-0.4, -0.2) is 64.9 Å². The summed E-state index contributed by atoms with van der Waals surface area (Å²) < 4.78 is 26.9. The van der Waals surface area contributed by atoms with Crippen molar-refractivity contribution in [3.8, 4) is 0 Å². The van der Waals surface area contributed by atoms with Gasteiger partial charge in [-0.05, 0) is 70.6 Å². The monoisotopic (exact) mass is 884 g/mol. The second-order valence-corrected chi connectivity index (χ2v) is 18.1. The molecule has 0 aromatic rings. The molecule has 3 unspecified atom stereocenters. The van der Waals surface area contributed by atoms with Crippen molar-refractivity contribution < 1.29 is 47.8 Å². The summed E-state index contributed by atoms with van der Waals surface area (Å²) in [6.07, 6.45) is 48.8. The highest BCUT2D eigenvalue weighted by Crippen LogP contribution is 2.43. The average molecular weight is 884 g/mol. The molecule has 356 valence electrons. The van der Waals surface area contributed by atoms with Gasteiger partial charge in [-0.1, -0.05) is 179 Å². The molecule has 0 spiro atoms. The van der Waals surface area contributed by atoms with E-state index < -0.39 is 57.6 Å². The summed E-state index contributed by atoms with van der Waals surface area (Å²) in [5.41, 5.74) is 0. The maximum atomic E-state index is 12.3. The highest BCUT2D eigenvalue weighted by molar-refractivity contribution is 7.47. The van der Waals surface area contributed by atoms with Crippen LogP contribution < -0.4 is 5.32 Å². The Labute approximate surface area is 371 Å². The van der Waals surface area contributed by atoms with Gasteiger partial charge in [0.15, 0.2) is 6.04 Å². The Hall–Kier alpha value is -2.30. The number of carboxylic acids is 1. The number of hydrogen-bond acceptors (Lipinski definition) is 8. The Kier molecular flexibility index (Phi) is 42.6. The van der Waals surface area contributed by atoms with Crippen LogP contribution in [0.3, 0.4) is 0 Å². The fraction of sp³-hybridized carbons (Fsp3) is 0.816. The smallest absolute Gasteiger partial charge is 0.472 e. The van der Waals surface area contributed by atoms with E-state index in [1.165, 1.54) is 122 Å². The Bertz CT molecular complexity index is 1180. The highest BCUT2D eigenvalue weighted by atomic mass is 31.2. The van der Waals surface area contributed by atoms with Crippen molar-refractivity contribution in [2.75, 3.05) is 19.8 Å².